The van der Waals surface area contributed by atoms with E-state index in [1.807, 2.05) is 36.5 Å². The summed E-state index contributed by atoms with van der Waals surface area (Å²) in [5, 5.41) is 10.6. The van der Waals surface area contributed by atoms with Crippen molar-refractivity contribution in [3.05, 3.63) is 55.0 Å². The second-order valence-corrected chi connectivity index (χ2v) is 5.49. The van der Waals surface area contributed by atoms with E-state index in [2.05, 4.69) is 25.7 Å². The van der Waals surface area contributed by atoms with E-state index < -0.39 is 0 Å². The van der Waals surface area contributed by atoms with Gasteiger partial charge in [-0.15, -0.1) is 0 Å². The zero-order chi connectivity index (χ0) is 17.5. The smallest absolute Gasteiger partial charge is 0.224 e. The molecule has 3 rings (SSSR count). The van der Waals surface area contributed by atoms with Crippen molar-refractivity contribution >= 4 is 17.5 Å². The molecule has 2 aromatic heterocycles. The van der Waals surface area contributed by atoms with E-state index in [0.29, 0.717) is 24.9 Å². The van der Waals surface area contributed by atoms with E-state index in [1.54, 1.807) is 30.3 Å². The van der Waals surface area contributed by atoms with Gasteiger partial charge < -0.3 is 21.1 Å². The third kappa shape index (κ3) is 4.75. The molecule has 8 nitrogen and oxygen atoms in total. The summed E-state index contributed by atoms with van der Waals surface area (Å²) in [6.07, 6.45) is 5.34. The Labute approximate surface area is 146 Å². The molecular weight excluding hydrogens is 318 g/mol. The number of nitrogens with zero attached hydrogens (tertiary/aromatic N) is 4. The number of nitrogens with two attached hydrogens (primary N) is 1. The maximum Gasteiger partial charge on any atom is 0.224 e. The molecule has 8 heteroatoms. The molecule has 0 spiro atoms. The highest BCUT2D eigenvalue weighted by Gasteiger charge is 2.05. The van der Waals surface area contributed by atoms with Gasteiger partial charge in [-0.3, -0.25) is 0 Å². The van der Waals surface area contributed by atoms with Crippen LogP contribution in [0.3, 0.4) is 0 Å². The Morgan fingerprint density at radius 1 is 1.24 bits per heavy atom. The quantitative estimate of drug-likeness (QED) is 0.575. The predicted molar refractivity (Wildman–Crippen MR) is 97.2 cm³/mol. The molecule has 1 unspecified atom stereocenters. The first-order valence-electron chi connectivity index (χ1n) is 7.93. The van der Waals surface area contributed by atoms with Crippen LogP contribution in [0.1, 0.15) is 0 Å². The summed E-state index contributed by atoms with van der Waals surface area (Å²) in [4.78, 5) is 8.64. The van der Waals surface area contributed by atoms with Crippen molar-refractivity contribution in [2.45, 2.75) is 6.04 Å². The normalized spacial score (nSPS) is 11.9. The van der Waals surface area contributed by atoms with E-state index in [0.717, 1.165) is 11.4 Å². The Balaban J connectivity index is 1.67. The largest absolute Gasteiger partial charge is 0.383 e. The van der Waals surface area contributed by atoms with E-state index in [9.17, 15) is 0 Å². The Morgan fingerprint density at radius 2 is 2.16 bits per heavy atom. The molecule has 2 heterocycles. The molecule has 0 saturated heterocycles. The number of hydrogen-bond donors (Lipinski definition) is 3. The van der Waals surface area contributed by atoms with Crippen LogP contribution < -0.4 is 16.4 Å². The van der Waals surface area contributed by atoms with Crippen LogP contribution in [0.4, 0.5) is 17.5 Å². The lowest BCUT2D eigenvalue weighted by molar-refractivity contribution is 0.183. The fourth-order valence-corrected chi connectivity index (χ4v) is 2.30. The molecular formula is C17H21N7O. The number of aromatic nitrogens is 4. The van der Waals surface area contributed by atoms with Crippen LogP contribution in [0.15, 0.2) is 55.0 Å². The molecule has 25 heavy (non-hydrogen) atoms. The zero-order valence-electron chi connectivity index (χ0n) is 14.0. The monoisotopic (exact) mass is 339 g/mol. The fraction of sp³-hybridized carbons (Fsp3) is 0.235. The summed E-state index contributed by atoms with van der Waals surface area (Å²) in [6, 6.07) is 11.5. The lowest BCUT2D eigenvalue weighted by Gasteiger charge is -2.12. The Bertz CT molecular complexity index is 791. The summed E-state index contributed by atoms with van der Waals surface area (Å²) in [5.41, 5.74) is 7.77. The molecule has 3 aromatic rings. The minimum absolute atomic E-state index is 0.115. The van der Waals surface area contributed by atoms with Gasteiger partial charge >= 0.3 is 0 Å². The van der Waals surface area contributed by atoms with Gasteiger partial charge in [0.15, 0.2) is 0 Å². The fourth-order valence-electron chi connectivity index (χ4n) is 2.30. The number of hydrogen-bond acceptors (Lipinski definition) is 7. The maximum atomic E-state index is 5.89. The van der Waals surface area contributed by atoms with Crippen LogP contribution in [0.25, 0.3) is 5.69 Å². The lowest BCUT2D eigenvalue weighted by atomic mass is 10.3. The first-order chi connectivity index (χ1) is 12.2. The summed E-state index contributed by atoms with van der Waals surface area (Å²) < 4.78 is 6.81. The third-order valence-corrected chi connectivity index (χ3v) is 3.45. The molecule has 0 saturated carbocycles. The Hall–Kier alpha value is -2.97. The second-order valence-electron chi connectivity index (χ2n) is 5.49. The minimum atomic E-state index is -0.115. The van der Waals surface area contributed by atoms with Crippen LogP contribution in [0.2, 0.25) is 0 Å². The Morgan fingerprint density at radius 3 is 2.96 bits per heavy atom. The second kappa shape index (κ2) is 8.22. The number of ether oxygens (including phenoxy) is 1. The Kier molecular flexibility index (Phi) is 5.55. The molecule has 0 aliphatic rings. The molecule has 0 aliphatic carbocycles. The molecule has 4 N–H and O–H groups in total. The SMILES string of the molecule is COCC(N)CNc1nccc(Nc2cccc(-n3cccn3)c2)n1. The first-order valence-corrected chi connectivity index (χ1v) is 7.93. The number of anilines is 3. The van der Waals surface area contributed by atoms with Gasteiger partial charge in [0.1, 0.15) is 5.82 Å². The van der Waals surface area contributed by atoms with Gasteiger partial charge in [-0.2, -0.15) is 10.1 Å². The standard InChI is InChI=1S/C17H21N7O/c1-25-12-13(18)11-20-17-19-8-6-16(23-17)22-14-4-2-5-15(10-14)24-9-3-7-21-24/h2-10,13H,11-12,18H2,1H3,(H2,19,20,22,23). The molecule has 130 valence electrons. The van der Waals surface area contributed by atoms with Crippen molar-refractivity contribution < 1.29 is 4.74 Å². The molecule has 1 atom stereocenters. The van der Waals surface area contributed by atoms with Crippen LogP contribution in [-0.4, -0.2) is 46.1 Å². The molecule has 0 amide bonds. The lowest BCUT2D eigenvalue weighted by Crippen LogP contribution is -2.33. The van der Waals surface area contributed by atoms with Crippen molar-refractivity contribution in [3.8, 4) is 5.69 Å². The summed E-state index contributed by atoms with van der Waals surface area (Å²) in [6.45, 7) is 1.01. The van der Waals surface area contributed by atoms with Gasteiger partial charge in [-0.05, 0) is 30.3 Å². The van der Waals surface area contributed by atoms with Crippen molar-refractivity contribution in [2.75, 3.05) is 30.9 Å². The molecule has 0 bridgehead atoms. The van der Waals surface area contributed by atoms with E-state index in [-0.39, 0.29) is 6.04 Å². The van der Waals surface area contributed by atoms with Crippen LogP contribution in [0, 0.1) is 0 Å². The maximum absolute atomic E-state index is 5.89. The van der Waals surface area contributed by atoms with Crippen LogP contribution >= 0.6 is 0 Å². The van der Waals surface area contributed by atoms with Crippen LogP contribution in [0.5, 0.6) is 0 Å². The zero-order valence-corrected chi connectivity index (χ0v) is 14.0. The summed E-state index contributed by atoms with van der Waals surface area (Å²) in [5.74, 6) is 1.20. The molecule has 0 radical (unpaired) electrons. The highest BCUT2D eigenvalue weighted by molar-refractivity contribution is 5.59. The van der Waals surface area contributed by atoms with E-state index in [4.69, 9.17) is 10.5 Å². The summed E-state index contributed by atoms with van der Waals surface area (Å²) >= 11 is 0. The van der Waals surface area contributed by atoms with Crippen molar-refractivity contribution in [3.63, 3.8) is 0 Å². The summed E-state index contributed by atoms with van der Waals surface area (Å²) in [7, 11) is 1.62. The van der Waals surface area contributed by atoms with Gasteiger partial charge in [-0.1, -0.05) is 6.07 Å². The van der Waals surface area contributed by atoms with Crippen LogP contribution in [-0.2, 0) is 4.74 Å². The third-order valence-electron chi connectivity index (χ3n) is 3.45. The first kappa shape index (κ1) is 16.9. The average molecular weight is 339 g/mol. The van der Waals surface area contributed by atoms with Gasteiger partial charge in [0, 0.05) is 44.0 Å². The van der Waals surface area contributed by atoms with Gasteiger partial charge in [-0.25, -0.2) is 9.67 Å². The number of rotatable bonds is 8. The highest BCUT2D eigenvalue weighted by atomic mass is 16.5. The topological polar surface area (TPSA) is 103 Å². The number of benzene rings is 1. The van der Waals surface area contributed by atoms with Crippen molar-refractivity contribution in [2.24, 2.45) is 5.73 Å². The number of nitrogens with one attached hydrogen (secondary N) is 2. The molecule has 1 aromatic carbocycles. The number of methoxy groups -OCH3 is 1. The van der Waals surface area contributed by atoms with Crippen molar-refractivity contribution in [1.29, 1.82) is 0 Å². The minimum Gasteiger partial charge on any atom is -0.383 e. The van der Waals surface area contributed by atoms with E-state index in [1.165, 1.54) is 0 Å². The molecule has 0 aliphatic heterocycles. The van der Waals surface area contributed by atoms with Gasteiger partial charge in [0.25, 0.3) is 0 Å². The molecule has 0 fully saturated rings. The predicted octanol–water partition coefficient (Wildman–Crippen LogP) is 1.79. The van der Waals surface area contributed by atoms with Gasteiger partial charge in [0.05, 0.1) is 12.3 Å². The van der Waals surface area contributed by atoms with Gasteiger partial charge in [0.2, 0.25) is 5.95 Å². The van der Waals surface area contributed by atoms with E-state index >= 15 is 0 Å². The average Bonchev–Trinajstić information content (AvgIpc) is 3.16. The van der Waals surface area contributed by atoms with Crippen molar-refractivity contribution in [1.82, 2.24) is 19.7 Å². The highest BCUT2D eigenvalue weighted by Crippen LogP contribution is 2.18.